The molecule has 24 heavy (non-hydrogen) atoms. The lowest BCUT2D eigenvalue weighted by Crippen LogP contribution is -2.28. The Labute approximate surface area is 158 Å². The van der Waals surface area contributed by atoms with E-state index in [1.54, 1.807) is 0 Å². The summed E-state index contributed by atoms with van der Waals surface area (Å²) in [6, 6.07) is 24.2. The van der Waals surface area contributed by atoms with Gasteiger partial charge in [0.25, 0.3) is 0 Å². The van der Waals surface area contributed by atoms with Crippen molar-refractivity contribution in [3.8, 4) is 0 Å². The lowest BCUT2D eigenvalue weighted by Gasteiger charge is -2.35. The number of benzene rings is 3. The molecule has 0 aliphatic carbocycles. The Morgan fingerprint density at radius 1 is 0.542 bits per heavy atom. The van der Waals surface area contributed by atoms with E-state index in [0.29, 0.717) is 0 Å². The highest BCUT2D eigenvalue weighted by Gasteiger charge is 2.34. The SMILES string of the molecule is CCC(c1ccc(Cl)cc1)(c1ccc(Cl)cc1)c1ccc(Cl)cc1. The van der Waals surface area contributed by atoms with Crippen LogP contribution in [-0.2, 0) is 5.41 Å². The zero-order chi connectivity index (χ0) is 17.2. The summed E-state index contributed by atoms with van der Waals surface area (Å²) >= 11 is 18.3. The van der Waals surface area contributed by atoms with Gasteiger partial charge in [0, 0.05) is 20.5 Å². The van der Waals surface area contributed by atoms with Crippen LogP contribution in [0.1, 0.15) is 30.0 Å². The largest absolute Gasteiger partial charge is 0.0843 e. The summed E-state index contributed by atoms with van der Waals surface area (Å²) in [7, 11) is 0. The van der Waals surface area contributed by atoms with Crippen LogP contribution in [0.3, 0.4) is 0 Å². The zero-order valence-electron chi connectivity index (χ0n) is 13.3. The number of rotatable bonds is 4. The molecule has 0 saturated carbocycles. The van der Waals surface area contributed by atoms with E-state index in [2.05, 4.69) is 43.3 Å². The summed E-state index contributed by atoms with van der Waals surface area (Å²) in [5.74, 6) is 0. The van der Waals surface area contributed by atoms with Gasteiger partial charge in [0.05, 0.1) is 0 Å². The van der Waals surface area contributed by atoms with Crippen molar-refractivity contribution < 1.29 is 0 Å². The molecule has 0 atom stereocenters. The molecule has 0 heterocycles. The van der Waals surface area contributed by atoms with E-state index >= 15 is 0 Å². The maximum Gasteiger partial charge on any atom is 0.0448 e. The number of hydrogen-bond donors (Lipinski definition) is 0. The molecule has 122 valence electrons. The molecule has 0 spiro atoms. The Balaban J connectivity index is 2.27. The maximum absolute atomic E-state index is 6.10. The van der Waals surface area contributed by atoms with Gasteiger partial charge in [-0.25, -0.2) is 0 Å². The van der Waals surface area contributed by atoms with Crippen molar-refractivity contribution in [3.63, 3.8) is 0 Å². The minimum Gasteiger partial charge on any atom is -0.0843 e. The van der Waals surface area contributed by atoms with Crippen molar-refractivity contribution in [3.05, 3.63) is 105 Å². The molecule has 0 radical (unpaired) electrons. The van der Waals surface area contributed by atoms with Gasteiger partial charge >= 0.3 is 0 Å². The van der Waals surface area contributed by atoms with Gasteiger partial charge in [-0.05, 0) is 59.5 Å². The summed E-state index contributed by atoms with van der Waals surface area (Å²) in [6.07, 6.45) is 0.901. The first-order valence-corrected chi connectivity index (χ1v) is 8.98. The van der Waals surface area contributed by atoms with Crippen LogP contribution in [0, 0.1) is 0 Å². The van der Waals surface area contributed by atoms with Crippen LogP contribution in [-0.4, -0.2) is 0 Å². The van der Waals surface area contributed by atoms with Crippen molar-refractivity contribution in [1.29, 1.82) is 0 Å². The first-order valence-electron chi connectivity index (χ1n) is 7.84. The summed E-state index contributed by atoms with van der Waals surface area (Å²) in [6.45, 7) is 2.19. The fraction of sp³-hybridized carbons (Fsp3) is 0.143. The third-order valence-corrected chi connectivity index (χ3v) is 5.30. The van der Waals surface area contributed by atoms with Crippen LogP contribution in [0.4, 0.5) is 0 Å². The normalized spacial score (nSPS) is 11.5. The van der Waals surface area contributed by atoms with E-state index in [4.69, 9.17) is 34.8 Å². The van der Waals surface area contributed by atoms with E-state index in [0.717, 1.165) is 21.5 Å². The molecule has 0 aliphatic rings. The quantitative estimate of drug-likeness (QED) is 0.417. The summed E-state index contributed by atoms with van der Waals surface area (Å²) in [4.78, 5) is 0. The Morgan fingerprint density at radius 2 is 0.792 bits per heavy atom. The fourth-order valence-corrected chi connectivity index (χ4v) is 3.69. The van der Waals surface area contributed by atoms with Crippen LogP contribution >= 0.6 is 34.8 Å². The van der Waals surface area contributed by atoms with Crippen molar-refractivity contribution in [2.45, 2.75) is 18.8 Å². The van der Waals surface area contributed by atoms with Crippen LogP contribution in [0.15, 0.2) is 72.8 Å². The molecule has 0 bridgehead atoms. The molecular weight excluding hydrogens is 359 g/mol. The van der Waals surface area contributed by atoms with Gasteiger partial charge in [0.1, 0.15) is 0 Å². The topological polar surface area (TPSA) is 0 Å². The molecule has 3 aromatic rings. The third-order valence-electron chi connectivity index (χ3n) is 4.54. The molecule has 0 saturated heterocycles. The van der Waals surface area contributed by atoms with Crippen molar-refractivity contribution in [1.82, 2.24) is 0 Å². The van der Waals surface area contributed by atoms with Crippen molar-refractivity contribution in [2.75, 3.05) is 0 Å². The number of hydrogen-bond acceptors (Lipinski definition) is 0. The molecule has 0 aromatic heterocycles. The highest BCUT2D eigenvalue weighted by Crippen LogP contribution is 2.43. The monoisotopic (exact) mass is 374 g/mol. The van der Waals surface area contributed by atoms with E-state index < -0.39 is 0 Å². The fourth-order valence-electron chi connectivity index (χ4n) is 3.32. The molecule has 0 amide bonds. The van der Waals surface area contributed by atoms with Gasteiger partial charge in [-0.15, -0.1) is 0 Å². The average molecular weight is 376 g/mol. The maximum atomic E-state index is 6.10. The predicted octanol–water partition coefficient (Wildman–Crippen LogP) is 7.39. The van der Waals surface area contributed by atoms with Gasteiger partial charge in [0.15, 0.2) is 0 Å². The van der Waals surface area contributed by atoms with E-state index in [1.807, 2.05) is 36.4 Å². The molecule has 0 unspecified atom stereocenters. The first kappa shape index (κ1) is 17.4. The highest BCUT2D eigenvalue weighted by atomic mass is 35.5. The van der Waals surface area contributed by atoms with Gasteiger partial charge in [-0.3, -0.25) is 0 Å². The molecule has 0 aliphatic heterocycles. The lowest BCUT2D eigenvalue weighted by molar-refractivity contribution is 0.594. The summed E-state index contributed by atoms with van der Waals surface area (Å²) in [5, 5.41) is 2.20. The first-order chi connectivity index (χ1) is 11.6. The Hall–Kier alpha value is -1.47. The molecule has 0 nitrogen and oxygen atoms in total. The van der Waals surface area contributed by atoms with Crippen molar-refractivity contribution >= 4 is 34.8 Å². The molecule has 3 rings (SSSR count). The second kappa shape index (κ2) is 7.19. The highest BCUT2D eigenvalue weighted by molar-refractivity contribution is 6.31. The standard InChI is InChI=1S/C21H17Cl3/c1-2-21(15-3-9-18(22)10-4-15,16-5-11-19(23)12-6-16)17-7-13-20(24)14-8-17/h3-14H,2H2,1H3. The molecule has 3 aromatic carbocycles. The zero-order valence-corrected chi connectivity index (χ0v) is 15.5. The van der Waals surface area contributed by atoms with E-state index in [1.165, 1.54) is 16.7 Å². The minimum atomic E-state index is -0.278. The van der Waals surface area contributed by atoms with Gasteiger partial charge < -0.3 is 0 Å². The van der Waals surface area contributed by atoms with Crippen LogP contribution in [0.2, 0.25) is 15.1 Å². The van der Waals surface area contributed by atoms with Crippen LogP contribution in [0.5, 0.6) is 0 Å². The van der Waals surface area contributed by atoms with Crippen LogP contribution in [0.25, 0.3) is 0 Å². The Bertz CT molecular complexity index is 692. The summed E-state index contributed by atoms with van der Waals surface area (Å²) in [5.41, 5.74) is 3.30. The average Bonchev–Trinajstić information content (AvgIpc) is 2.60. The van der Waals surface area contributed by atoms with Gasteiger partial charge in [0.2, 0.25) is 0 Å². The third kappa shape index (κ3) is 3.19. The van der Waals surface area contributed by atoms with Crippen LogP contribution < -0.4 is 0 Å². The molecule has 0 fully saturated rings. The van der Waals surface area contributed by atoms with Crippen molar-refractivity contribution in [2.24, 2.45) is 0 Å². The Morgan fingerprint density at radius 3 is 1.00 bits per heavy atom. The molecule has 3 heteroatoms. The lowest BCUT2D eigenvalue weighted by atomic mass is 9.68. The van der Waals surface area contributed by atoms with E-state index in [9.17, 15) is 0 Å². The minimum absolute atomic E-state index is 0.278. The summed E-state index contributed by atoms with van der Waals surface area (Å²) < 4.78 is 0. The second-order valence-electron chi connectivity index (χ2n) is 5.78. The van der Waals surface area contributed by atoms with Gasteiger partial charge in [-0.2, -0.15) is 0 Å². The smallest absolute Gasteiger partial charge is 0.0448 e. The second-order valence-corrected chi connectivity index (χ2v) is 7.09. The molecular formula is C21H17Cl3. The van der Waals surface area contributed by atoms with Gasteiger partial charge in [-0.1, -0.05) is 78.1 Å². The van der Waals surface area contributed by atoms with E-state index in [-0.39, 0.29) is 5.41 Å². The number of halogens is 3. The Kier molecular flexibility index (Phi) is 5.20. The predicted molar refractivity (Wildman–Crippen MR) is 105 cm³/mol. The molecule has 0 N–H and O–H groups in total.